The predicted octanol–water partition coefficient (Wildman–Crippen LogP) is 4.76. The summed E-state index contributed by atoms with van der Waals surface area (Å²) in [5.41, 5.74) is 1.91. The molecule has 0 saturated carbocycles. The molecule has 2 rings (SSSR count). The average Bonchev–Trinajstić information content (AvgIpc) is 2.61. The van der Waals surface area contributed by atoms with E-state index in [9.17, 15) is 9.18 Å². The van der Waals surface area contributed by atoms with Gasteiger partial charge in [0.25, 0.3) is 0 Å². The molecule has 0 radical (unpaired) electrons. The van der Waals surface area contributed by atoms with Crippen LogP contribution in [0.15, 0.2) is 41.4 Å². The van der Waals surface area contributed by atoms with E-state index in [2.05, 4.69) is 4.99 Å². The fourth-order valence-electron chi connectivity index (χ4n) is 2.05. The average molecular weight is 363 g/mol. The van der Waals surface area contributed by atoms with E-state index in [1.54, 1.807) is 43.6 Å². The van der Waals surface area contributed by atoms with E-state index >= 15 is 0 Å². The topological polar surface area (TPSA) is 41.9 Å². The summed E-state index contributed by atoms with van der Waals surface area (Å²) >= 11 is 6.29. The first-order valence-electron chi connectivity index (χ1n) is 7.88. The molecule has 0 spiro atoms. The van der Waals surface area contributed by atoms with Crippen molar-refractivity contribution < 1.29 is 13.9 Å². The Bertz CT molecular complexity index is 793. The molecule has 0 N–H and O–H groups in total. The lowest BCUT2D eigenvalue weighted by molar-refractivity contribution is 0.0469. The van der Waals surface area contributed by atoms with Crippen molar-refractivity contribution in [1.82, 2.24) is 4.90 Å². The second kappa shape index (κ2) is 8.62. The Morgan fingerprint density at radius 3 is 2.72 bits per heavy atom. The monoisotopic (exact) mass is 362 g/mol. The number of carbonyl (C=O) groups excluding carboxylic acids is 1. The third-order valence-corrected chi connectivity index (χ3v) is 4.27. The molecule has 0 aliphatic rings. The number of rotatable bonds is 6. The van der Waals surface area contributed by atoms with Gasteiger partial charge in [0.05, 0.1) is 22.6 Å². The zero-order chi connectivity index (χ0) is 18.4. The van der Waals surface area contributed by atoms with Gasteiger partial charge in [-0.25, -0.2) is 14.2 Å². The summed E-state index contributed by atoms with van der Waals surface area (Å²) < 4.78 is 18.8. The quantitative estimate of drug-likeness (QED) is 0.423. The molecule has 0 unspecified atom stereocenters. The minimum Gasteiger partial charge on any atom is -0.457 e. The molecule has 0 fully saturated rings. The fraction of sp³-hybridized carbons (Fsp3) is 0.263. The van der Waals surface area contributed by atoms with Gasteiger partial charge in [-0.1, -0.05) is 29.8 Å². The molecule has 0 bridgehead atoms. The summed E-state index contributed by atoms with van der Waals surface area (Å²) in [6.07, 6.45) is 1.70. The Kier molecular flexibility index (Phi) is 6.53. The lowest BCUT2D eigenvalue weighted by atomic mass is 10.1. The number of halogens is 2. The van der Waals surface area contributed by atoms with Gasteiger partial charge in [0.2, 0.25) is 0 Å². The lowest BCUT2D eigenvalue weighted by Gasteiger charge is -2.11. The van der Waals surface area contributed by atoms with Gasteiger partial charge in [-0.05, 0) is 37.6 Å². The predicted molar refractivity (Wildman–Crippen MR) is 98.2 cm³/mol. The number of ether oxygens (including phenoxy) is 1. The van der Waals surface area contributed by atoms with Gasteiger partial charge in [0.1, 0.15) is 12.4 Å². The van der Waals surface area contributed by atoms with E-state index in [0.29, 0.717) is 16.8 Å². The molecule has 2 aromatic rings. The van der Waals surface area contributed by atoms with Crippen molar-refractivity contribution in [3.63, 3.8) is 0 Å². The van der Waals surface area contributed by atoms with E-state index < -0.39 is 11.8 Å². The molecule has 6 heteroatoms. The van der Waals surface area contributed by atoms with Gasteiger partial charge in [-0.15, -0.1) is 0 Å². The highest BCUT2D eigenvalue weighted by molar-refractivity contribution is 6.34. The van der Waals surface area contributed by atoms with E-state index in [1.807, 2.05) is 18.9 Å². The maximum atomic E-state index is 13.6. The van der Waals surface area contributed by atoms with Crippen molar-refractivity contribution >= 4 is 29.6 Å². The smallest absolute Gasteiger partial charge is 0.339 e. The largest absolute Gasteiger partial charge is 0.457 e. The number of nitrogens with zero attached hydrogens (tertiary/aromatic N) is 2. The van der Waals surface area contributed by atoms with Crippen LogP contribution in [-0.2, 0) is 11.3 Å². The molecule has 0 saturated heterocycles. The first kappa shape index (κ1) is 18.9. The highest BCUT2D eigenvalue weighted by Gasteiger charge is 2.16. The van der Waals surface area contributed by atoms with Crippen LogP contribution in [0.4, 0.5) is 10.1 Å². The highest BCUT2D eigenvalue weighted by Crippen LogP contribution is 2.30. The minimum atomic E-state index is -0.599. The van der Waals surface area contributed by atoms with E-state index in [-0.39, 0.29) is 17.2 Å². The SMILES string of the molecule is CCN(C)/C=N/c1ccc(C(=O)OCc2ccccc2F)c(Cl)c1C. The third kappa shape index (κ3) is 4.79. The van der Waals surface area contributed by atoms with Crippen LogP contribution >= 0.6 is 11.6 Å². The fourth-order valence-corrected chi connectivity index (χ4v) is 2.29. The van der Waals surface area contributed by atoms with Crippen LogP contribution in [-0.4, -0.2) is 30.8 Å². The summed E-state index contributed by atoms with van der Waals surface area (Å²) in [5, 5.41) is 0.285. The van der Waals surface area contributed by atoms with Crippen molar-refractivity contribution in [3.8, 4) is 0 Å². The molecule has 0 atom stereocenters. The van der Waals surface area contributed by atoms with Gasteiger partial charge in [-0.2, -0.15) is 0 Å². The summed E-state index contributed by atoms with van der Waals surface area (Å²) in [4.78, 5) is 18.5. The van der Waals surface area contributed by atoms with Crippen molar-refractivity contribution in [3.05, 3.63) is 63.9 Å². The Balaban J connectivity index is 2.14. The Morgan fingerprint density at radius 2 is 2.04 bits per heavy atom. The van der Waals surface area contributed by atoms with E-state index in [4.69, 9.17) is 16.3 Å². The van der Waals surface area contributed by atoms with Gasteiger partial charge < -0.3 is 9.64 Å². The number of aliphatic imine (C=N–C) groups is 1. The maximum Gasteiger partial charge on any atom is 0.339 e. The second-order valence-corrected chi connectivity index (χ2v) is 5.93. The molecular weight excluding hydrogens is 343 g/mol. The zero-order valence-electron chi connectivity index (χ0n) is 14.4. The number of hydrogen-bond acceptors (Lipinski definition) is 3. The maximum absolute atomic E-state index is 13.6. The van der Waals surface area contributed by atoms with Gasteiger partial charge in [-0.3, -0.25) is 0 Å². The standard InChI is InChI=1S/C19H20ClFN2O2/c1-4-23(3)12-22-17-10-9-15(18(20)13(17)2)19(24)25-11-14-7-5-6-8-16(14)21/h5-10,12H,4,11H2,1-3H3/b22-12+. The van der Waals surface area contributed by atoms with Gasteiger partial charge in [0, 0.05) is 19.2 Å². The van der Waals surface area contributed by atoms with Gasteiger partial charge >= 0.3 is 5.97 Å². The van der Waals surface area contributed by atoms with E-state index in [0.717, 1.165) is 6.54 Å². The van der Waals surface area contributed by atoms with Crippen LogP contribution in [0, 0.1) is 12.7 Å². The van der Waals surface area contributed by atoms with Crippen LogP contribution in [0.2, 0.25) is 5.02 Å². The van der Waals surface area contributed by atoms with Crippen LogP contribution in [0.5, 0.6) is 0 Å². The first-order chi connectivity index (χ1) is 11.9. The Morgan fingerprint density at radius 1 is 1.32 bits per heavy atom. The summed E-state index contributed by atoms with van der Waals surface area (Å²) in [6.45, 7) is 4.48. The molecule has 2 aromatic carbocycles. The number of carbonyl (C=O) groups is 1. The van der Waals surface area contributed by atoms with Gasteiger partial charge in [0.15, 0.2) is 0 Å². The molecule has 0 heterocycles. The first-order valence-corrected chi connectivity index (χ1v) is 8.25. The summed E-state index contributed by atoms with van der Waals surface area (Å²) in [5.74, 6) is -1.01. The lowest BCUT2D eigenvalue weighted by Crippen LogP contribution is -2.14. The van der Waals surface area contributed by atoms with Crippen LogP contribution in [0.25, 0.3) is 0 Å². The number of benzene rings is 2. The minimum absolute atomic E-state index is 0.151. The third-order valence-electron chi connectivity index (χ3n) is 3.79. The number of hydrogen-bond donors (Lipinski definition) is 0. The van der Waals surface area contributed by atoms with E-state index in [1.165, 1.54) is 6.07 Å². The molecule has 132 valence electrons. The van der Waals surface area contributed by atoms with Crippen LogP contribution < -0.4 is 0 Å². The van der Waals surface area contributed by atoms with Crippen LogP contribution in [0.1, 0.15) is 28.4 Å². The molecular formula is C19H20ClFN2O2. The highest BCUT2D eigenvalue weighted by atomic mass is 35.5. The van der Waals surface area contributed by atoms with Crippen molar-refractivity contribution in [2.24, 2.45) is 4.99 Å². The summed E-state index contributed by atoms with van der Waals surface area (Å²) in [7, 11) is 1.91. The molecule has 25 heavy (non-hydrogen) atoms. The Labute approximate surface area is 151 Å². The molecule has 0 aliphatic carbocycles. The molecule has 0 amide bonds. The van der Waals surface area contributed by atoms with Crippen molar-refractivity contribution in [2.75, 3.05) is 13.6 Å². The Hall–Kier alpha value is -2.40. The normalized spacial score (nSPS) is 10.9. The van der Waals surface area contributed by atoms with Crippen LogP contribution in [0.3, 0.4) is 0 Å². The van der Waals surface area contributed by atoms with Crippen molar-refractivity contribution in [2.45, 2.75) is 20.5 Å². The summed E-state index contributed by atoms with van der Waals surface area (Å²) in [6, 6.07) is 9.43. The van der Waals surface area contributed by atoms with Crippen molar-refractivity contribution in [1.29, 1.82) is 0 Å². The second-order valence-electron chi connectivity index (χ2n) is 5.56. The number of esters is 1. The zero-order valence-corrected chi connectivity index (χ0v) is 15.2. The molecule has 4 nitrogen and oxygen atoms in total. The molecule has 0 aromatic heterocycles. The molecule has 0 aliphatic heterocycles.